The number of aromatic hydroxyl groups is 1. The first-order valence-corrected chi connectivity index (χ1v) is 14.1. The first-order valence-electron chi connectivity index (χ1n) is 12.6. The van der Waals surface area contributed by atoms with Gasteiger partial charge in [0, 0.05) is 31.5 Å². The van der Waals surface area contributed by atoms with Gasteiger partial charge in [-0.1, -0.05) is 12.1 Å². The van der Waals surface area contributed by atoms with Crippen molar-refractivity contribution in [2.45, 2.75) is 49.3 Å². The Balaban J connectivity index is 1.90. The van der Waals surface area contributed by atoms with Crippen molar-refractivity contribution in [2.75, 3.05) is 13.7 Å². The fourth-order valence-corrected chi connectivity index (χ4v) is 5.76. The third-order valence-electron chi connectivity index (χ3n) is 6.57. The van der Waals surface area contributed by atoms with E-state index in [0.717, 1.165) is 28.0 Å². The summed E-state index contributed by atoms with van der Waals surface area (Å²) >= 11 is 0. The topological polar surface area (TPSA) is 126 Å². The summed E-state index contributed by atoms with van der Waals surface area (Å²) in [6, 6.07) is 7.29. The number of halogens is 2. The second kappa shape index (κ2) is 11.9. The van der Waals surface area contributed by atoms with E-state index >= 15 is 0 Å². The summed E-state index contributed by atoms with van der Waals surface area (Å²) in [5.74, 6) is -2.92. The van der Waals surface area contributed by atoms with E-state index in [1.165, 1.54) is 19.2 Å². The van der Waals surface area contributed by atoms with Crippen LogP contribution in [0.4, 0.5) is 8.78 Å². The van der Waals surface area contributed by atoms with Gasteiger partial charge >= 0.3 is 0 Å². The number of hydrogen-bond donors (Lipinski definition) is 1. The molecule has 0 radical (unpaired) electrons. The molecule has 2 aromatic heterocycles. The zero-order chi connectivity index (χ0) is 30.1. The molecule has 0 saturated carbocycles. The molecule has 13 heteroatoms. The fraction of sp³-hybridized carbons (Fsp3) is 0.321. The monoisotopic (exact) mass is 588 g/mol. The Morgan fingerprint density at radius 1 is 1.07 bits per heavy atom. The van der Waals surface area contributed by atoms with Crippen molar-refractivity contribution in [1.82, 2.24) is 19.3 Å². The molecule has 10 nitrogen and oxygen atoms in total. The van der Waals surface area contributed by atoms with Gasteiger partial charge in [0.05, 0.1) is 29.8 Å². The molecule has 0 saturated heterocycles. The van der Waals surface area contributed by atoms with Crippen LogP contribution in [0, 0.1) is 18.6 Å². The minimum absolute atomic E-state index is 0.00966. The van der Waals surface area contributed by atoms with Crippen LogP contribution in [0.15, 0.2) is 63.2 Å². The van der Waals surface area contributed by atoms with E-state index in [-0.39, 0.29) is 35.6 Å². The van der Waals surface area contributed by atoms with Gasteiger partial charge < -0.3 is 14.6 Å². The minimum Gasteiger partial charge on any atom is -0.493 e. The third kappa shape index (κ3) is 6.06. The van der Waals surface area contributed by atoms with Crippen LogP contribution in [-0.4, -0.2) is 52.7 Å². The smallest absolute Gasteiger partial charge is 0.296 e. The number of sulfone groups is 1. The van der Waals surface area contributed by atoms with Crippen LogP contribution in [0.25, 0.3) is 11.1 Å². The van der Waals surface area contributed by atoms with Crippen LogP contribution in [0.3, 0.4) is 0 Å². The van der Waals surface area contributed by atoms with Crippen LogP contribution in [0.2, 0.25) is 0 Å². The highest BCUT2D eigenvalue weighted by Gasteiger charge is 2.33. The Hall–Kier alpha value is -3.94. The molecule has 0 aliphatic heterocycles. The molecule has 1 N–H and O–H groups in total. The van der Waals surface area contributed by atoms with Crippen LogP contribution in [0.1, 0.15) is 37.0 Å². The van der Waals surface area contributed by atoms with Gasteiger partial charge in [-0.05, 0) is 56.2 Å². The van der Waals surface area contributed by atoms with E-state index in [1.54, 1.807) is 43.9 Å². The maximum absolute atomic E-state index is 14.2. The Kier molecular flexibility index (Phi) is 8.71. The Morgan fingerprint density at radius 2 is 1.71 bits per heavy atom. The highest BCUT2D eigenvalue weighted by molar-refractivity contribution is 7.91. The molecule has 0 bridgehead atoms. The molecule has 2 heterocycles. The summed E-state index contributed by atoms with van der Waals surface area (Å²) in [5.41, 5.74) is 1.15. The molecule has 0 fully saturated rings. The molecule has 1 atom stereocenters. The van der Waals surface area contributed by atoms with E-state index in [0.29, 0.717) is 11.6 Å². The lowest BCUT2D eigenvalue weighted by atomic mass is 10.1. The number of aryl methyl sites for hydroxylation is 1. The van der Waals surface area contributed by atoms with Crippen LogP contribution < -0.4 is 5.56 Å². The average Bonchev–Trinajstić information content (AvgIpc) is 3.23. The molecule has 0 amide bonds. The molecule has 0 spiro atoms. The van der Waals surface area contributed by atoms with Gasteiger partial charge in [-0.2, -0.15) is 10.1 Å². The predicted octanol–water partition coefficient (Wildman–Crippen LogP) is 3.93. The quantitative estimate of drug-likeness (QED) is 0.296. The second-order valence-electron chi connectivity index (χ2n) is 9.68. The summed E-state index contributed by atoms with van der Waals surface area (Å²) in [7, 11) is -1.51. The fourth-order valence-electron chi connectivity index (χ4n) is 4.41. The van der Waals surface area contributed by atoms with Gasteiger partial charge in [0.15, 0.2) is 4.90 Å². The second-order valence-corrected chi connectivity index (χ2v) is 11.6. The van der Waals surface area contributed by atoms with Crippen LogP contribution in [0.5, 0.6) is 5.88 Å². The number of benzene rings is 2. The van der Waals surface area contributed by atoms with Gasteiger partial charge in [0.2, 0.25) is 15.7 Å². The Bertz CT molecular complexity index is 1710. The molecule has 4 rings (SSSR count). The van der Waals surface area contributed by atoms with E-state index in [1.807, 2.05) is 6.92 Å². The van der Waals surface area contributed by atoms with E-state index < -0.39 is 43.8 Å². The van der Waals surface area contributed by atoms with Crippen molar-refractivity contribution in [2.24, 2.45) is 7.05 Å². The molecular formula is C28H30F2N4O6S. The first kappa shape index (κ1) is 30.0. The lowest BCUT2D eigenvalue weighted by molar-refractivity contribution is 0.0554. The van der Waals surface area contributed by atoms with Gasteiger partial charge in [-0.25, -0.2) is 17.2 Å². The normalized spacial score (nSPS) is 12.7. The lowest BCUT2D eigenvalue weighted by Crippen LogP contribution is -2.30. The molecule has 4 aromatic rings. The molecule has 0 aliphatic rings. The zero-order valence-electron chi connectivity index (χ0n) is 23.1. The Labute approximate surface area is 235 Å². The van der Waals surface area contributed by atoms with Gasteiger partial charge in [0.1, 0.15) is 24.1 Å². The van der Waals surface area contributed by atoms with E-state index in [4.69, 9.17) is 9.47 Å². The standard InChI is InChI=1S/C28H30F2N4O6S/c1-16(2)40-15-25-32-27(35)26(28(36)34(25)24(14-39-5)19-10-20(29)12-21(30)11-19)41(37,38)22-8-6-18(7-9-22)23-13-31-33(4)17(23)3/h6-13,16,24,36H,14-15H2,1-5H3/t24-/m0/s1. The molecular weight excluding hydrogens is 558 g/mol. The minimum atomic E-state index is -4.62. The van der Waals surface area contributed by atoms with Crippen molar-refractivity contribution >= 4 is 9.84 Å². The maximum Gasteiger partial charge on any atom is 0.296 e. The van der Waals surface area contributed by atoms with Crippen molar-refractivity contribution in [3.8, 4) is 17.0 Å². The van der Waals surface area contributed by atoms with Crippen molar-refractivity contribution in [3.05, 3.63) is 87.7 Å². The summed E-state index contributed by atoms with van der Waals surface area (Å²) < 4.78 is 69.4. The number of nitrogens with zero attached hydrogens (tertiary/aromatic N) is 4. The van der Waals surface area contributed by atoms with Crippen molar-refractivity contribution in [3.63, 3.8) is 0 Å². The number of rotatable bonds is 10. The number of ether oxygens (including phenoxy) is 2. The maximum atomic E-state index is 14.2. The van der Waals surface area contributed by atoms with E-state index in [2.05, 4.69) is 10.1 Å². The zero-order valence-corrected chi connectivity index (χ0v) is 23.9. The van der Waals surface area contributed by atoms with Crippen LogP contribution >= 0.6 is 0 Å². The third-order valence-corrected chi connectivity index (χ3v) is 8.35. The number of methoxy groups -OCH3 is 1. The van der Waals surface area contributed by atoms with E-state index in [9.17, 15) is 27.1 Å². The number of aromatic nitrogens is 4. The summed E-state index contributed by atoms with van der Waals surface area (Å²) in [4.78, 5) is 15.8. The highest BCUT2D eigenvalue weighted by atomic mass is 32.2. The largest absolute Gasteiger partial charge is 0.493 e. The molecule has 218 valence electrons. The molecule has 0 unspecified atom stereocenters. The SMILES string of the molecule is COC[C@@H](c1cc(F)cc(F)c1)n1c(COC(C)C)nc(=O)c(S(=O)(=O)c2ccc(-c3cnn(C)c3C)cc2)c1O. The van der Waals surface area contributed by atoms with Crippen LogP contribution in [-0.2, 0) is 33.0 Å². The van der Waals surface area contributed by atoms with Crippen molar-refractivity contribution in [1.29, 1.82) is 0 Å². The summed E-state index contributed by atoms with van der Waals surface area (Å²) in [5, 5.41) is 15.6. The predicted molar refractivity (Wildman–Crippen MR) is 145 cm³/mol. The summed E-state index contributed by atoms with van der Waals surface area (Å²) in [6.07, 6.45) is 1.33. The molecule has 2 aromatic carbocycles. The lowest BCUT2D eigenvalue weighted by Gasteiger charge is -2.26. The van der Waals surface area contributed by atoms with Gasteiger partial charge in [0.25, 0.3) is 5.56 Å². The molecule has 0 aliphatic carbocycles. The van der Waals surface area contributed by atoms with Crippen molar-refractivity contribution < 1.29 is 31.8 Å². The first-order chi connectivity index (χ1) is 19.3. The Morgan fingerprint density at radius 3 is 2.24 bits per heavy atom. The highest BCUT2D eigenvalue weighted by Crippen LogP contribution is 2.33. The number of hydrogen-bond acceptors (Lipinski definition) is 8. The average molecular weight is 589 g/mol. The van der Waals surface area contributed by atoms with Gasteiger partial charge in [-0.3, -0.25) is 14.0 Å². The summed E-state index contributed by atoms with van der Waals surface area (Å²) in [6.45, 7) is 4.76. The van der Waals surface area contributed by atoms with Gasteiger partial charge in [-0.15, -0.1) is 0 Å². The molecule has 41 heavy (non-hydrogen) atoms.